The second-order valence-electron chi connectivity index (χ2n) is 1.37. The Balaban J connectivity index is 0.000000461. The molecule has 0 fully saturated rings. The number of hydrogen-bond donors (Lipinski definition) is 0. The summed E-state index contributed by atoms with van der Waals surface area (Å²) in [6.07, 6.45) is 8.00. The standard InChI is InChI=1S/C5H5NO2S.C2H2/c1-8-5(7)4-2-9-3-6-4;1-2/h2-3H,1H3;1-2H. The molecule has 0 N–H and O–H groups in total. The van der Waals surface area contributed by atoms with E-state index in [1.807, 2.05) is 0 Å². The largest absolute Gasteiger partial charge is 0.464 e. The van der Waals surface area contributed by atoms with E-state index in [0.717, 1.165) is 0 Å². The maximum atomic E-state index is 10.6. The normalized spacial score (nSPS) is 7.55. The highest BCUT2D eigenvalue weighted by Crippen LogP contribution is 2.01. The van der Waals surface area contributed by atoms with Gasteiger partial charge in [0, 0.05) is 5.38 Å². The van der Waals surface area contributed by atoms with Crippen molar-refractivity contribution in [1.29, 1.82) is 0 Å². The number of thiazole rings is 1. The number of carbonyl (C=O) groups is 1. The molecule has 0 saturated carbocycles. The van der Waals surface area contributed by atoms with E-state index in [1.54, 1.807) is 10.9 Å². The van der Waals surface area contributed by atoms with Crippen LogP contribution in [0.1, 0.15) is 10.5 Å². The fraction of sp³-hybridized carbons (Fsp3) is 0.143. The molecule has 0 spiro atoms. The Kier molecular flexibility index (Phi) is 4.78. The molecular formula is C7H7NO2S. The number of hydrogen-bond acceptors (Lipinski definition) is 4. The van der Waals surface area contributed by atoms with Gasteiger partial charge in [-0.25, -0.2) is 9.78 Å². The minimum atomic E-state index is -0.378. The van der Waals surface area contributed by atoms with Crippen molar-refractivity contribution in [2.75, 3.05) is 7.11 Å². The predicted octanol–water partition coefficient (Wildman–Crippen LogP) is 1.18. The predicted molar refractivity (Wildman–Crippen MR) is 43.3 cm³/mol. The van der Waals surface area contributed by atoms with Crippen LogP contribution >= 0.6 is 11.3 Å². The first kappa shape index (κ1) is 9.66. The summed E-state index contributed by atoms with van der Waals surface area (Å²) in [6, 6.07) is 0. The van der Waals surface area contributed by atoms with Crippen molar-refractivity contribution in [3.63, 3.8) is 0 Å². The molecule has 4 heteroatoms. The number of aromatic nitrogens is 1. The number of methoxy groups -OCH3 is 1. The number of esters is 1. The van der Waals surface area contributed by atoms with Gasteiger partial charge in [-0.3, -0.25) is 0 Å². The van der Waals surface area contributed by atoms with Crippen molar-refractivity contribution in [1.82, 2.24) is 4.98 Å². The molecule has 3 nitrogen and oxygen atoms in total. The molecule has 0 saturated heterocycles. The van der Waals surface area contributed by atoms with Crippen molar-refractivity contribution in [3.8, 4) is 12.8 Å². The molecule has 0 bridgehead atoms. The fourth-order valence-electron chi connectivity index (χ4n) is 0.418. The maximum Gasteiger partial charge on any atom is 0.357 e. The van der Waals surface area contributed by atoms with Crippen LogP contribution in [0.3, 0.4) is 0 Å². The van der Waals surface area contributed by atoms with Gasteiger partial charge < -0.3 is 4.74 Å². The first-order chi connectivity index (χ1) is 5.34. The maximum absolute atomic E-state index is 10.6. The lowest BCUT2D eigenvalue weighted by Crippen LogP contribution is -2.00. The number of nitrogens with zero attached hydrogens (tertiary/aromatic N) is 1. The third kappa shape index (κ3) is 2.83. The first-order valence-corrected chi connectivity index (χ1v) is 3.58. The van der Waals surface area contributed by atoms with Crippen molar-refractivity contribution >= 4 is 17.3 Å². The van der Waals surface area contributed by atoms with Crippen molar-refractivity contribution < 1.29 is 9.53 Å². The summed E-state index contributed by atoms with van der Waals surface area (Å²) in [6.45, 7) is 0. The molecule has 1 heterocycles. The molecule has 0 aliphatic heterocycles. The van der Waals surface area contributed by atoms with E-state index < -0.39 is 0 Å². The van der Waals surface area contributed by atoms with Crippen LogP contribution in [0.25, 0.3) is 0 Å². The van der Waals surface area contributed by atoms with Gasteiger partial charge in [-0.2, -0.15) is 0 Å². The van der Waals surface area contributed by atoms with E-state index in [4.69, 9.17) is 0 Å². The topological polar surface area (TPSA) is 39.2 Å². The van der Waals surface area contributed by atoms with Crippen LogP contribution in [-0.2, 0) is 4.74 Å². The van der Waals surface area contributed by atoms with Gasteiger partial charge in [0.05, 0.1) is 12.6 Å². The van der Waals surface area contributed by atoms with Gasteiger partial charge in [-0.15, -0.1) is 24.2 Å². The summed E-state index contributed by atoms with van der Waals surface area (Å²) in [5, 5.41) is 1.64. The monoisotopic (exact) mass is 169 g/mol. The lowest BCUT2D eigenvalue weighted by Gasteiger charge is -1.89. The molecule has 0 aliphatic carbocycles. The zero-order valence-corrected chi connectivity index (χ0v) is 6.80. The Morgan fingerprint density at radius 1 is 1.73 bits per heavy atom. The highest BCUT2D eigenvalue weighted by atomic mass is 32.1. The fourth-order valence-corrected chi connectivity index (χ4v) is 0.939. The Labute approximate surface area is 69.0 Å². The zero-order valence-electron chi connectivity index (χ0n) is 5.98. The summed E-state index contributed by atoms with van der Waals surface area (Å²) in [4.78, 5) is 14.3. The average Bonchev–Trinajstić information content (AvgIpc) is 2.59. The van der Waals surface area contributed by atoms with Gasteiger partial charge in [-0.1, -0.05) is 0 Å². The Hall–Kier alpha value is -1.34. The first-order valence-electron chi connectivity index (χ1n) is 2.64. The van der Waals surface area contributed by atoms with Gasteiger partial charge in [0.25, 0.3) is 0 Å². The average molecular weight is 169 g/mol. The van der Waals surface area contributed by atoms with Crippen molar-refractivity contribution in [2.45, 2.75) is 0 Å². The molecule has 0 amide bonds. The van der Waals surface area contributed by atoms with E-state index >= 15 is 0 Å². The number of rotatable bonds is 1. The van der Waals surface area contributed by atoms with Crippen LogP contribution in [0.2, 0.25) is 0 Å². The van der Waals surface area contributed by atoms with Gasteiger partial charge in [0.1, 0.15) is 0 Å². The summed E-state index contributed by atoms with van der Waals surface area (Å²) < 4.78 is 4.40. The number of ether oxygens (including phenoxy) is 1. The van der Waals surface area contributed by atoms with Gasteiger partial charge in [0.15, 0.2) is 5.69 Å². The van der Waals surface area contributed by atoms with E-state index in [9.17, 15) is 4.79 Å². The van der Waals surface area contributed by atoms with Crippen LogP contribution in [0, 0.1) is 12.8 Å². The van der Waals surface area contributed by atoms with Gasteiger partial charge in [0.2, 0.25) is 0 Å². The highest BCUT2D eigenvalue weighted by Gasteiger charge is 2.04. The molecule has 11 heavy (non-hydrogen) atoms. The molecule has 0 aromatic carbocycles. The zero-order chi connectivity index (χ0) is 8.69. The molecule has 58 valence electrons. The third-order valence-electron chi connectivity index (χ3n) is 0.827. The van der Waals surface area contributed by atoms with Crippen LogP contribution in [-0.4, -0.2) is 18.1 Å². The lowest BCUT2D eigenvalue weighted by atomic mass is 10.5. The van der Waals surface area contributed by atoms with Gasteiger partial charge in [-0.05, 0) is 0 Å². The second-order valence-corrected chi connectivity index (χ2v) is 2.08. The van der Waals surface area contributed by atoms with Crippen LogP contribution in [0.5, 0.6) is 0 Å². The molecule has 0 unspecified atom stereocenters. The minimum absolute atomic E-state index is 0.377. The summed E-state index contributed by atoms with van der Waals surface area (Å²) in [7, 11) is 1.34. The molecule has 1 aromatic rings. The molecular weight excluding hydrogens is 162 g/mol. The molecule has 1 rings (SSSR count). The molecule has 0 atom stereocenters. The summed E-state index contributed by atoms with van der Waals surface area (Å²) >= 11 is 1.37. The summed E-state index contributed by atoms with van der Waals surface area (Å²) in [5.74, 6) is -0.378. The SMILES string of the molecule is C#C.COC(=O)c1cscn1. The van der Waals surface area contributed by atoms with E-state index in [-0.39, 0.29) is 5.97 Å². The van der Waals surface area contributed by atoms with Crippen LogP contribution in [0.4, 0.5) is 0 Å². The second kappa shape index (κ2) is 5.45. The van der Waals surface area contributed by atoms with Crippen LogP contribution < -0.4 is 0 Å². The smallest absolute Gasteiger partial charge is 0.357 e. The number of terminal acetylenes is 1. The van der Waals surface area contributed by atoms with E-state index in [1.165, 1.54) is 18.4 Å². The minimum Gasteiger partial charge on any atom is -0.464 e. The van der Waals surface area contributed by atoms with Crippen molar-refractivity contribution in [2.24, 2.45) is 0 Å². The van der Waals surface area contributed by atoms with E-state index in [2.05, 4.69) is 22.6 Å². The third-order valence-corrected chi connectivity index (χ3v) is 1.41. The Bertz CT molecular complexity index is 228. The highest BCUT2D eigenvalue weighted by molar-refractivity contribution is 7.07. The van der Waals surface area contributed by atoms with Crippen LogP contribution in [0.15, 0.2) is 10.9 Å². The van der Waals surface area contributed by atoms with Gasteiger partial charge >= 0.3 is 5.97 Å². The quantitative estimate of drug-likeness (QED) is 0.468. The van der Waals surface area contributed by atoms with Crippen molar-refractivity contribution in [3.05, 3.63) is 16.6 Å². The molecule has 1 aromatic heterocycles. The molecule has 0 aliphatic rings. The summed E-state index contributed by atoms with van der Waals surface area (Å²) in [5.41, 5.74) is 1.97. The Morgan fingerprint density at radius 3 is 2.73 bits per heavy atom. The number of carbonyl (C=O) groups excluding carboxylic acids is 1. The van der Waals surface area contributed by atoms with E-state index in [0.29, 0.717) is 5.69 Å². The Morgan fingerprint density at radius 2 is 2.36 bits per heavy atom. The molecule has 0 radical (unpaired) electrons. The lowest BCUT2D eigenvalue weighted by molar-refractivity contribution is 0.0595.